The van der Waals surface area contributed by atoms with E-state index in [2.05, 4.69) is 10.6 Å². The number of amides is 1. The van der Waals surface area contributed by atoms with Crippen LogP contribution in [0.5, 0.6) is 0 Å². The van der Waals surface area contributed by atoms with Crippen LogP contribution in [0.2, 0.25) is 0 Å². The molecule has 180 valence electrons. The van der Waals surface area contributed by atoms with Gasteiger partial charge in [0, 0.05) is 13.6 Å². The average Bonchev–Trinajstić information content (AvgIpc) is 2.83. The minimum absolute atomic E-state index is 0.0435. The zero-order valence-corrected chi connectivity index (χ0v) is 18.5. The predicted molar refractivity (Wildman–Crippen MR) is 115 cm³/mol. The lowest BCUT2D eigenvalue weighted by Gasteiger charge is -2.41. The van der Waals surface area contributed by atoms with Gasteiger partial charge in [0.05, 0.1) is 23.8 Å². The molecule has 33 heavy (non-hydrogen) atoms. The van der Waals surface area contributed by atoms with Gasteiger partial charge in [0.1, 0.15) is 12.8 Å². The summed E-state index contributed by atoms with van der Waals surface area (Å²) in [6.45, 7) is 1.23. The molecule has 1 saturated heterocycles. The fourth-order valence-corrected chi connectivity index (χ4v) is 3.99. The third-order valence-corrected chi connectivity index (χ3v) is 5.91. The van der Waals surface area contributed by atoms with Crippen molar-refractivity contribution in [1.82, 2.24) is 10.6 Å². The Morgan fingerprint density at radius 1 is 1.24 bits per heavy atom. The molecule has 3 unspecified atom stereocenters. The van der Waals surface area contributed by atoms with Gasteiger partial charge in [-0.05, 0) is 48.6 Å². The van der Waals surface area contributed by atoms with E-state index in [1.807, 2.05) is 30.3 Å². The lowest BCUT2D eigenvalue weighted by molar-refractivity contribution is -0.137. The Kier molecular flexibility index (Phi) is 7.97. The van der Waals surface area contributed by atoms with E-state index in [-0.39, 0.29) is 23.8 Å². The first-order valence-corrected chi connectivity index (χ1v) is 10.7. The summed E-state index contributed by atoms with van der Waals surface area (Å²) in [5.41, 5.74) is -0.326. The Morgan fingerprint density at radius 3 is 2.55 bits per heavy atom. The van der Waals surface area contributed by atoms with Gasteiger partial charge in [0.15, 0.2) is 0 Å². The summed E-state index contributed by atoms with van der Waals surface area (Å²) in [7, 11) is 1.49. The molecule has 0 saturated carbocycles. The Balaban J connectivity index is 1.78. The van der Waals surface area contributed by atoms with Crippen LogP contribution in [0.4, 0.5) is 22.4 Å². The zero-order valence-electron chi connectivity index (χ0n) is 18.5. The maximum absolute atomic E-state index is 13.2. The standard InChI is InChI=1S/C24H28F4N2O3/c1-16(18-10-17(13-25)11-20(12-18)24(26,27)28)32-15-23(19-6-4-3-5-7-19)9-8-21(14-30-23)33-22(31)29-2/h3-7,10-12,16,21,30H,8-9,13-15H2,1-2H3,(H,29,31). The molecule has 1 aliphatic rings. The number of carbonyl (C=O) groups is 1. The number of alkyl halides is 4. The molecular weight excluding hydrogens is 440 g/mol. The van der Waals surface area contributed by atoms with Gasteiger partial charge in [-0.3, -0.25) is 0 Å². The maximum atomic E-state index is 13.2. The average molecular weight is 468 g/mol. The number of hydrogen-bond donors (Lipinski definition) is 2. The fourth-order valence-electron chi connectivity index (χ4n) is 3.99. The van der Waals surface area contributed by atoms with Crippen LogP contribution in [0.1, 0.15) is 48.1 Å². The summed E-state index contributed by atoms with van der Waals surface area (Å²) in [6, 6.07) is 12.8. The Labute approximate surface area is 190 Å². The summed E-state index contributed by atoms with van der Waals surface area (Å²) < 4.78 is 64.3. The van der Waals surface area contributed by atoms with E-state index in [9.17, 15) is 22.4 Å². The van der Waals surface area contributed by atoms with Crippen molar-refractivity contribution in [2.24, 2.45) is 0 Å². The molecule has 0 bridgehead atoms. The summed E-state index contributed by atoms with van der Waals surface area (Å²) in [4.78, 5) is 11.5. The molecule has 2 aromatic carbocycles. The van der Waals surface area contributed by atoms with E-state index in [4.69, 9.17) is 9.47 Å². The molecule has 3 rings (SSSR count). The van der Waals surface area contributed by atoms with Crippen LogP contribution in [0.15, 0.2) is 48.5 Å². The van der Waals surface area contributed by atoms with Gasteiger partial charge >= 0.3 is 12.3 Å². The monoisotopic (exact) mass is 468 g/mol. The molecule has 5 nitrogen and oxygen atoms in total. The number of hydrogen-bond acceptors (Lipinski definition) is 4. The molecule has 0 aromatic heterocycles. The number of rotatable bonds is 7. The number of piperidine rings is 1. The van der Waals surface area contributed by atoms with Gasteiger partial charge in [-0.1, -0.05) is 36.4 Å². The molecule has 9 heteroatoms. The van der Waals surface area contributed by atoms with Crippen LogP contribution in [0, 0.1) is 0 Å². The van der Waals surface area contributed by atoms with Gasteiger partial charge in [0.25, 0.3) is 0 Å². The largest absolute Gasteiger partial charge is 0.445 e. The van der Waals surface area contributed by atoms with E-state index in [1.54, 1.807) is 6.92 Å². The zero-order chi connectivity index (χ0) is 24.1. The molecular formula is C24H28F4N2O3. The van der Waals surface area contributed by atoms with Crippen LogP contribution < -0.4 is 10.6 Å². The quantitative estimate of drug-likeness (QED) is 0.545. The van der Waals surface area contributed by atoms with Crippen molar-refractivity contribution in [1.29, 1.82) is 0 Å². The summed E-state index contributed by atoms with van der Waals surface area (Å²) >= 11 is 0. The topological polar surface area (TPSA) is 59.6 Å². The fraction of sp³-hybridized carbons (Fsp3) is 0.458. The van der Waals surface area contributed by atoms with Crippen LogP contribution in [-0.2, 0) is 27.9 Å². The van der Waals surface area contributed by atoms with Gasteiger partial charge in [-0.25, -0.2) is 9.18 Å². The first kappa shape index (κ1) is 25.0. The van der Waals surface area contributed by atoms with Gasteiger partial charge in [0.2, 0.25) is 0 Å². The number of nitrogens with one attached hydrogen (secondary N) is 2. The third-order valence-electron chi connectivity index (χ3n) is 5.91. The van der Waals surface area contributed by atoms with E-state index < -0.39 is 36.2 Å². The SMILES string of the molecule is CNC(=O)OC1CCC(COC(C)c2cc(CF)cc(C(F)(F)F)c2)(c2ccccc2)NC1. The Bertz CT molecular complexity index is 929. The smallest absolute Gasteiger partial charge is 0.416 e. The Hall–Kier alpha value is -2.65. The second-order valence-corrected chi connectivity index (χ2v) is 8.19. The van der Waals surface area contributed by atoms with Crippen molar-refractivity contribution in [3.05, 3.63) is 70.8 Å². The van der Waals surface area contributed by atoms with Crippen molar-refractivity contribution >= 4 is 6.09 Å². The number of ether oxygens (including phenoxy) is 2. The van der Waals surface area contributed by atoms with Crippen LogP contribution in [-0.4, -0.2) is 32.4 Å². The molecule has 2 aromatic rings. The molecule has 0 aliphatic carbocycles. The first-order chi connectivity index (χ1) is 15.7. The summed E-state index contributed by atoms with van der Waals surface area (Å²) in [6.07, 6.45) is -4.91. The minimum Gasteiger partial charge on any atom is -0.445 e. The number of carbonyl (C=O) groups excluding carboxylic acids is 1. The number of halogens is 4. The van der Waals surface area contributed by atoms with Gasteiger partial charge in [-0.15, -0.1) is 0 Å². The van der Waals surface area contributed by atoms with Crippen LogP contribution >= 0.6 is 0 Å². The molecule has 1 heterocycles. The van der Waals surface area contributed by atoms with Crippen molar-refractivity contribution in [3.63, 3.8) is 0 Å². The van der Waals surface area contributed by atoms with Crippen LogP contribution in [0.3, 0.4) is 0 Å². The maximum Gasteiger partial charge on any atom is 0.416 e. The van der Waals surface area contributed by atoms with Gasteiger partial charge < -0.3 is 20.1 Å². The molecule has 2 N–H and O–H groups in total. The molecule has 1 aliphatic heterocycles. The van der Waals surface area contributed by atoms with Crippen molar-refractivity contribution in [2.45, 2.75) is 50.4 Å². The summed E-state index contributed by atoms with van der Waals surface area (Å²) in [5.74, 6) is 0. The van der Waals surface area contributed by atoms with E-state index in [0.29, 0.717) is 19.4 Å². The second kappa shape index (κ2) is 10.5. The Morgan fingerprint density at radius 2 is 1.97 bits per heavy atom. The molecule has 1 amide bonds. The van der Waals surface area contributed by atoms with Crippen molar-refractivity contribution < 1.29 is 31.8 Å². The lowest BCUT2D eigenvalue weighted by atomic mass is 9.82. The minimum atomic E-state index is -4.57. The highest BCUT2D eigenvalue weighted by Gasteiger charge is 2.38. The highest BCUT2D eigenvalue weighted by atomic mass is 19.4. The number of alkyl carbamates (subject to hydrolysis) is 1. The number of benzene rings is 2. The summed E-state index contributed by atoms with van der Waals surface area (Å²) in [5, 5.41) is 5.85. The lowest BCUT2D eigenvalue weighted by Crippen LogP contribution is -2.54. The van der Waals surface area contributed by atoms with E-state index >= 15 is 0 Å². The van der Waals surface area contributed by atoms with E-state index in [0.717, 1.165) is 17.7 Å². The predicted octanol–water partition coefficient (Wildman–Crippen LogP) is 5.26. The molecule has 0 spiro atoms. The van der Waals surface area contributed by atoms with Crippen LogP contribution in [0.25, 0.3) is 0 Å². The third kappa shape index (κ3) is 6.23. The van der Waals surface area contributed by atoms with Gasteiger partial charge in [-0.2, -0.15) is 13.2 Å². The van der Waals surface area contributed by atoms with Crippen molar-refractivity contribution in [3.8, 4) is 0 Å². The molecule has 0 radical (unpaired) electrons. The van der Waals surface area contributed by atoms with Crippen molar-refractivity contribution in [2.75, 3.05) is 20.2 Å². The highest BCUT2D eigenvalue weighted by molar-refractivity contribution is 5.66. The molecule has 3 atom stereocenters. The highest BCUT2D eigenvalue weighted by Crippen LogP contribution is 2.35. The van der Waals surface area contributed by atoms with E-state index in [1.165, 1.54) is 13.1 Å². The normalized spacial score (nSPS) is 21.9. The molecule has 1 fully saturated rings. The first-order valence-electron chi connectivity index (χ1n) is 10.7. The second-order valence-electron chi connectivity index (χ2n) is 8.19.